The Morgan fingerprint density at radius 2 is 2.40 bits per heavy atom. The lowest BCUT2D eigenvalue weighted by molar-refractivity contribution is 0.639. The Hall–Kier alpha value is -0.840. The van der Waals surface area contributed by atoms with Crippen LogP contribution in [0.25, 0.3) is 0 Å². The van der Waals surface area contributed by atoms with Crippen LogP contribution in [-0.2, 0) is 0 Å². The second kappa shape index (κ2) is 4.35. The largest absolute Gasteiger partial charge is 0.368 e. The van der Waals surface area contributed by atoms with E-state index in [0.29, 0.717) is 12.0 Å². The minimum atomic E-state index is 0.305. The molecule has 0 aromatic carbocycles. The molecule has 0 radical (unpaired) electrons. The second-order valence-corrected chi connectivity index (χ2v) is 5.00. The van der Waals surface area contributed by atoms with Crippen LogP contribution in [0.15, 0.2) is 10.7 Å². The lowest BCUT2D eigenvalue weighted by Gasteiger charge is -2.14. The molecule has 4 nitrogen and oxygen atoms in total. The van der Waals surface area contributed by atoms with Gasteiger partial charge in [0.25, 0.3) is 0 Å². The average Bonchev–Trinajstić information content (AvgIpc) is 2.95. The topological polar surface area (TPSA) is 63.8 Å². The molecule has 2 rings (SSSR count). The zero-order valence-corrected chi connectivity index (χ0v) is 10.3. The third-order valence-corrected chi connectivity index (χ3v) is 3.11. The molecule has 0 aliphatic heterocycles. The maximum Gasteiger partial charge on any atom is 0.221 e. The number of hydrogen-bond acceptors (Lipinski definition) is 4. The summed E-state index contributed by atoms with van der Waals surface area (Å²) < 4.78 is 0.861. The van der Waals surface area contributed by atoms with E-state index in [0.717, 1.165) is 16.2 Å². The van der Waals surface area contributed by atoms with Gasteiger partial charge < -0.3 is 11.1 Å². The van der Waals surface area contributed by atoms with Crippen molar-refractivity contribution in [3.63, 3.8) is 0 Å². The van der Waals surface area contributed by atoms with Crippen molar-refractivity contribution < 1.29 is 0 Å². The maximum atomic E-state index is 5.53. The third-order valence-electron chi connectivity index (χ3n) is 2.53. The van der Waals surface area contributed by atoms with E-state index in [-0.39, 0.29) is 0 Å². The van der Waals surface area contributed by atoms with Gasteiger partial charge in [-0.25, -0.2) is 4.98 Å². The number of hydrogen-bond donors (Lipinski definition) is 2. The highest BCUT2D eigenvalue weighted by Crippen LogP contribution is 2.34. The van der Waals surface area contributed by atoms with Crippen LogP contribution in [0.3, 0.4) is 0 Å². The molecule has 1 aromatic rings. The summed E-state index contributed by atoms with van der Waals surface area (Å²) in [6.07, 6.45) is 5.63. The van der Waals surface area contributed by atoms with Gasteiger partial charge in [-0.15, -0.1) is 0 Å². The highest BCUT2D eigenvalue weighted by atomic mass is 79.9. The van der Waals surface area contributed by atoms with E-state index in [9.17, 15) is 0 Å². The van der Waals surface area contributed by atoms with Crippen LogP contribution in [0.4, 0.5) is 11.8 Å². The number of rotatable bonds is 4. The molecule has 0 bridgehead atoms. The molecule has 1 aliphatic rings. The molecule has 1 saturated carbocycles. The van der Waals surface area contributed by atoms with Crippen LogP contribution in [0.1, 0.15) is 26.2 Å². The first kappa shape index (κ1) is 10.7. The van der Waals surface area contributed by atoms with Crippen molar-refractivity contribution in [3.05, 3.63) is 10.7 Å². The van der Waals surface area contributed by atoms with Crippen LogP contribution < -0.4 is 11.1 Å². The predicted molar refractivity (Wildman–Crippen MR) is 64.6 cm³/mol. The van der Waals surface area contributed by atoms with Crippen molar-refractivity contribution in [2.24, 2.45) is 5.92 Å². The standard InChI is InChI=1S/C10H15BrN4/c1-6(4-7-2-3-7)14-9-8(11)5-13-10(12)15-9/h5-7H,2-4H2,1H3,(H3,12,13,14,15). The number of nitrogens with zero attached hydrogens (tertiary/aromatic N) is 2. The molecule has 1 heterocycles. The Morgan fingerprint density at radius 3 is 3.07 bits per heavy atom. The van der Waals surface area contributed by atoms with Crippen molar-refractivity contribution in [1.82, 2.24) is 9.97 Å². The molecule has 1 atom stereocenters. The Morgan fingerprint density at radius 1 is 1.67 bits per heavy atom. The number of aromatic nitrogens is 2. The molecule has 1 unspecified atom stereocenters. The molecule has 5 heteroatoms. The number of nitrogens with two attached hydrogens (primary N) is 1. The summed E-state index contributed by atoms with van der Waals surface area (Å²) in [7, 11) is 0. The van der Waals surface area contributed by atoms with Gasteiger partial charge in [-0.2, -0.15) is 4.98 Å². The Labute approximate surface area is 97.8 Å². The lowest BCUT2D eigenvalue weighted by atomic mass is 10.1. The molecule has 0 amide bonds. The maximum absolute atomic E-state index is 5.53. The SMILES string of the molecule is CC(CC1CC1)Nc1nc(N)ncc1Br. The zero-order chi connectivity index (χ0) is 10.8. The average molecular weight is 271 g/mol. The monoisotopic (exact) mass is 270 g/mol. The fourth-order valence-electron chi connectivity index (χ4n) is 1.63. The summed E-state index contributed by atoms with van der Waals surface area (Å²) in [5.74, 6) is 2.00. The summed E-state index contributed by atoms with van der Waals surface area (Å²) in [5, 5.41) is 3.34. The number of anilines is 2. The van der Waals surface area contributed by atoms with E-state index in [2.05, 4.69) is 38.1 Å². The van der Waals surface area contributed by atoms with E-state index in [1.807, 2.05) is 0 Å². The Balaban J connectivity index is 1.98. The van der Waals surface area contributed by atoms with Crippen molar-refractivity contribution in [1.29, 1.82) is 0 Å². The summed E-state index contributed by atoms with van der Waals surface area (Å²) >= 11 is 3.40. The first-order valence-electron chi connectivity index (χ1n) is 5.19. The lowest BCUT2D eigenvalue weighted by Crippen LogP contribution is -2.17. The van der Waals surface area contributed by atoms with Gasteiger partial charge in [0.1, 0.15) is 5.82 Å². The van der Waals surface area contributed by atoms with Gasteiger partial charge in [-0.1, -0.05) is 12.8 Å². The molecule has 0 saturated heterocycles. The van der Waals surface area contributed by atoms with Gasteiger partial charge >= 0.3 is 0 Å². The summed E-state index contributed by atoms with van der Waals surface area (Å²) in [5.41, 5.74) is 5.53. The minimum Gasteiger partial charge on any atom is -0.368 e. The molecule has 1 aromatic heterocycles. The fraction of sp³-hybridized carbons (Fsp3) is 0.600. The first-order valence-corrected chi connectivity index (χ1v) is 5.99. The van der Waals surface area contributed by atoms with Crippen LogP contribution in [0, 0.1) is 5.92 Å². The van der Waals surface area contributed by atoms with E-state index in [1.165, 1.54) is 19.3 Å². The molecule has 0 spiro atoms. The normalized spacial score (nSPS) is 17.5. The van der Waals surface area contributed by atoms with Crippen LogP contribution in [0.5, 0.6) is 0 Å². The van der Waals surface area contributed by atoms with E-state index in [4.69, 9.17) is 5.73 Å². The van der Waals surface area contributed by atoms with Crippen LogP contribution >= 0.6 is 15.9 Å². The van der Waals surface area contributed by atoms with E-state index in [1.54, 1.807) is 6.20 Å². The van der Waals surface area contributed by atoms with Gasteiger partial charge in [0.05, 0.1) is 4.47 Å². The van der Waals surface area contributed by atoms with Gasteiger partial charge in [0.15, 0.2) is 0 Å². The number of halogens is 1. The second-order valence-electron chi connectivity index (χ2n) is 4.15. The third kappa shape index (κ3) is 3.06. The molecule has 1 aliphatic carbocycles. The quantitative estimate of drug-likeness (QED) is 0.882. The highest BCUT2D eigenvalue weighted by Gasteiger charge is 2.23. The predicted octanol–water partition coefficient (Wildman–Crippen LogP) is 2.42. The summed E-state index contributed by atoms with van der Waals surface area (Å²) in [6, 6.07) is 0.433. The first-order chi connectivity index (χ1) is 7.15. The zero-order valence-electron chi connectivity index (χ0n) is 8.70. The highest BCUT2D eigenvalue weighted by molar-refractivity contribution is 9.10. The molecule has 1 fully saturated rings. The van der Waals surface area contributed by atoms with Gasteiger partial charge in [-0.3, -0.25) is 0 Å². The molecular weight excluding hydrogens is 256 g/mol. The molecule has 15 heavy (non-hydrogen) atoms. The molecular formula is C10H15BrN4. The van der Waals surface area contributed by atoms with E-state index >= 15 is 0 Å². The Bertz CT molecular complexity index is 351. The van der Waals surface area contributed by atoms with Crippen molar-refractivity contribution in [2.45, 2.75) is 32.2 Å². The fourth-order valence-corrected chi connectivity index (χ4v) is 1.93. The molecule has 3 N–H and O–H groups in total. The van der Waals surface area contributed by atoms with Crippen molar-refractivity contribution in [2.75, 3.05) is 11.1 Å². The Kier molecular flexibility index (Phi) is 3.09. The van der Waals surface area contributed by atoms with Crippen molar-refractivity contribution >= 4 is 27.7 Å². The smallest absolute Gasteiger partial charge is 0.221 e. The van der Waals surface area contributed by atoms with Gasteiger partial charge in [0.2, 0.25) is 5.95 Å². The number of nitrogens with one attached hydrogen (secondary N) is 1. The number of nitrogen functional groups attached to an aromatic ring is 1. The van der Waals surface area contributed by atoms with E-state index < -0.39 is 0 Å². The molecule has 82 valence electrons. The summed E-state index contributed by atoms with van der Waals surface area (Å²) in [6.45, 7) is 2.17. The van der Waals surface area contributed by atoms with Crippen molar-refractivity contribution in [3.8, 4) is 0 Å². The van der Waals surface area contributed by atoms with Gasteiger partial charge in [0, 0.05) is 12.2 Å². The summed E-state index contributed by atoms with van der Waals surface area (Å²) in [4.78, 5) is 8.05. The van der Waals surface area contributed by atoms with Gasteiger partial charge in [-0.05, 0) is 35.2 Å². The minimum absolute atomic E-state index is 0.305. The van der Waals surface area contributed by atoms with Crippen LogP contribution in [0.2, 0.25) is 0 Å². The van der Waals surface area contributed by atoms with Crippen LogP contribution in [-0.4, -0.2) is 16.0 Å².